The lowest BCUT2D eigenvalue weighted by Crippen LogP contribution is -2.56. The molecule has 2 nitrogen and oxygen atoms in total. The van der Waals surface area contributed by atoms with Crippen LogP contribution in [0.4, 0.5) is 0 Å². The molecule has 0 saturated heterocycles. The highest BCUT2D eigenvalue weighted by molar-refractivity contribution is 5.26. The molecule has 1 N–H and O–H groups in total. The number of benzene rings is 1. The fourth-order valence-corrected chi connectivity index (χ4v) is 3.05. The van der Waals surface area contributed by atoms with Crippen LogP contribution in [0.3, 0.4) is 0 Å². The number of likely N-dealkylation sites (N-methyl/N-ethyl adjacent to an activating group) is 1. The molecule has 2 rings (SSSR count). The summed E-state index contributed by atoms with van der Waals surface area (Å²) in [5.74, 6) is 0.603. The van der Waals surface area contributed by atoms with E-state index in [0.29, 0.717) is 12.0 Å². The molecule has 2 heteroatoms. The number of hydrogen-bond acceptors (Lipinski definition) is 2. The molecule has 1 aliphatic rings. The van der Waals surface area contributed by atoms with Crippen LogP contribution in [0, 0.1) is 0 Å². The molecule has 106 valence electrons. The van der Waals surface area contributed by atoms with Crippen LogP contribution in [0.15, 0.2) is 24.3 Å². The number of hydrogen-bond donors (Lipinski definition) is 1. The van der Waals surface area contributed by atoms with Crippen LogP contribution in [-0.4, -0.2) is 25.8 Å². The number of methoxy groups -OCH3 is 1. The average Bonchev–Trinajstić information content (AvgIpc) is 2.37. The zero-order valence-electron chi connectivity index (χ0n) is 12.7. The van der Waals surface area contributed by atoms with Gasteiger partial charge in [0.25, 0.3) is 0 Å². The Morgan fingerprint density at radius 3 is 2.21 bits per heavy atom. The molecule has 0 amide bonds. The van der Waals surface area contributed by atoms with Gasteiger partial charge in [0.2, 0.25) is 0 Å². The van der Waals surface area contributed by atoms with E-state index in [1.54, 1.807) is 0 Å². The van der Waals surface area contributed by atoms with E-state index in [0.717, 1.165) is 6.42 Å². The van der Waals surface area contributed by atoms with Gasteiger partial charge < -0.3 is 10.1 Å². The summed E-state index contributed by atoms with van der Waals surface area (Å²) >= 11 is 0. The van der Waals surface area contributed by atoms with Gasteiger partial charge in [0.15, 0.2) is 0 Å². The van der Waals surface area contributed by atoms with Crippen LogP contribution in [0.1, 0.15) is 50.2 Å². The standard InChI is InChI=1S/C17H27NO/c1-13(2)15-8-6-14(7-9-15)12-16(18-3)17(19-4)10-5-11-17/h6-9,13,16,18H,5,10-12H2,1-4H3. The maximum atomic E-state index is 5.80. The van der Waals surface area contributed by atoms with Gasteiger partial charge in [-0.05, 0) is 49.8 Å². The third kappa shape index (κ3) is 3.01. The molecule has 1 fully saturated rings. The first-order chi connectivity index (χ1) is 9.11. The van der Waals surface area contributed by atoms with Crippen molar-refractivity contribution in [1.29, 1.82) is 0 Å². The van der Waals surface area contributed by atoms with Crippen LogP contribution < -0.4 is 5.32 Å². The zero-order valence-corrected chi connectivity index (χ0v) is 12.7. The Labute approximate surface area is 117 Å². The third-order valence-electron chi connectivity index (χ3n) is 4.68. The van der Waals surface area contributed by atoms with Gasteiger partial charge in [0.05, 0.1) is 5.60 Å². The molecule has 1 aliphatic carbocycles. The lowest BCUT2D eigenvalue weighted by molar-refractivity contribution is -0.0966. The Hall–Kier alpha value is -0.860. The first-order valence-corrected chi connectivity index (χ1v) is 7.42. The van der Waals surface area contributed by atoms with Gasteiger partial charge in [-0.3, -0.25) is 0 Å². The van der Waals surface area contributed by atoms with Crippen molar-refractivity contribution >= 4 is 0 Å². The summed E-state index contributed by atoms with van der Waals surface area (Å²) in [4.78, 5) is 0. The Morgan fingerprint density at radius 1 is 1.21 bits per heavy atom. The van der Waals surface area contributed by atoms with E-state index >= 15 is 0 Å². The van der Waals surface area contributed by atoms with Crippen molar-refractivity contribution < 1.29 is 4.74 Å². The van der Waals surface area contributed by atoms with Gasteiger partial charge in [-0.25, -0.2) is 0 Å². The van der Waals surface area contributed by atoms with E-state index in [9.17, 15) is 0 Å². The second kappa shape index (κ2) is 6.06. The zero-order chi connectivity index (χ0) is 13.9. The lowest BCUT2D eigenvalue weighted by atomic mass is 9.72. The molecule has 1 saturated carbocycles. The van der Waals surface area contributed by atoms with Crippen LogP contribution in [0.2, 0.25) is 0 Å². The predicted octanol–water partition coefficient (Wildman–Crippen LogP) is 3.51. The van der Waals surface area contributed by atoms with Gasteiger partial charge in [-0.1, -0.05) is 38.1 Å². The largest absolute Gasteiger partial charge is 0.377 e. The molecule has 0 spiro atoms. The molecule has 0 bridgehead atoms. The predicted molar refractivity (Wildman–Crippen MR) is 80.7 cm³/mol. The number of ether oxygens (including phenoxy) is 1. The first kappa shape index (κ1) is 14.5. The third-order valence-corrected chi connectivity index (χ3v) is 4.68. The minimum Gasteiger partial charge on any atom is -0.377 e. The fraction of sp³-hybridized carbons (Fsp3) is 0.647. The van der Waals surface area contributed by atoms with Crippen molar-refractivity contribution in [2.45, 2.75) is 57.1 Å². The van der Waals surface area contributed by atoms with E-state index in [2.05, 4.69) is 43.4 Å². The number of nitrogens with one attached hydrogen (secondary N) is 1. The van der Waals surface area contributed by atoms with E-state index in [1.807, 2.05) is 14.2 Å². The van der Waals surface area contributed by atoms with Gasteiger partial charge in [0, 0.05) is 13.2 Å². The molecule has 0 aromatic heterocycles. The van der Waals surface area contributed by atoms with Crippen molar-refractivity contribution in [3.63, 3.8) is 0 Å². The molecule has 1 aromatic rings. The molecule has 0 heterocycles. The molecule has 1 unspecified atom stereocenters. The molecular formula is C17H27NO. The highest BCUT2D eigenvalue weighted by Gasteiger charge is 2.43. The van der Waals surface area contributed by atoms with Gasteiger partial charge >= 0.3 is 0 Å². The average molecular weight is 261 g/mol. The van der Waals surface area contributed by atoms with Gasteiger partial charge in [-0.2, -0.15) is 0 Å². The quantitative estimate of drug-likeness (QED) is 0.846. The van der Waals surface area contributed by atoms with Crippen LogP contribution in [0.25, 0.3) is 0 Å². The van der Waals surface area contributed by atoms with Crippen molar-refractivity contribution in [3.8, 4) is 0 Å². The van der Waals surface area contributed by atoms with Gasteiger partial charge in [-0.15, -0.1) is 0 Å². The summed E-state index contributed by atoms with van der Waals surface area (Å²) in [5.41, 5.74) is 2.87. The summed E-state index contributed by atoms with van der Waals surface area (Å²) in [7, 11) is 3.90. The van der Waals surface area contributed by atoms with Crippen LogP contribution in [-0.2, 0) is 11.2 Å². The van der Waals surface area contributed by atoms with Crippen molar-refractivity contribution in [3.05, 3.63) is 35.4 Å². The second-order valence-corrected chi connectivity index (χ2v) is 6.06. The minimum absolute atomic E-state index is 0.0610. The molecule has 19 heavy (non-hydrogen) atoms. The highest BCUT2D eigenvalue weighted by atomic mass is 16.5. The normalized spacial score (nSPS) is 19.2. The van der Waals surface area contributed by atoms with Crippen molar-refractivity contribution in [1.82, 2.24) is 5.32 Å². The maximum absolute atomic E-state index is 5.80. The molecule has 0 aliphatic heterocycles. The Balaban J connectivity index is 2.06. The van der Waals surface area contributed by atoms with Crippen molar-refractivity contribution in [2.75, 3.05) is 14.2 Å². The fourth-order valence-electron chi connectivity index (χ4n) is 3.05. The summed E-state index contributed by atoms with van der Waals surface area (Å²) in [6, 6.07) is 9.46. The van der Waals surface area contributed by atoms with E-state index in [4.69, 9.17) is 4.74 Å². The minimum atomic E-state index is 0.0610. The van der Waals surface area contributed by atoms with E-state index in [1.165, 1.54) is 30.4 Å². The second-order valence-electron chi connectivity index (χ2n) is 6.06. The lowest BCUT2D eigenvalue weighted by Gasteiger charge is -2.46. The number of rotatable bonds is 6. The summed E-state index contributed by atoms with van der Waals surface area (Å²) < 4.78 is 5.80. The van der Waals surface area contributed by atoms with E-state index < -0.39 is 0 Å². The first-order valence-electron chi connectivity index (χ1n) is 7.42. The Morgan fingerprint density at radius 2 is 1.84 bits per heavy atom. The molecular weight excluding hydrogens is 234 g/mol. The SMILES string of the molecule is CNC(Cc1ccc(C(C)C)cc1)C1(OC)CCC1. The molecule has 1 atom stereocenters. The Bertz CT molecular complexity index is 387. The van der Waals surface area contributed by atoms with Crippen molar-refractivity contribution in [2.24, 2.45) is 0 Å². The van der Waals surface area contributed by atoms with Crippen LogP contribution >= 0.6 is 0 Å². The monoisotopic (exact) mass is 261 g/mol. The van der Waals surface area contributed by atoms with Gasteiger partial charge in [0.1, 0.15) is 0 Å². The topological polar surface area (TPSA) is 21.3 Å². The van der Waals surface area contributed by atoms with E-state index in [-0.39, 0.29) is 5.60 Å². The highest BCUT2D eigenvalue weighted by Crippen LogP contribution is 2.39. The summed E-state index contributed by atoms with van der Waals surface area (Å²) in [5, 5.41) is 3.46. The summed E-state index contributed by atoms with van der Waals surface area (Å²) in [6.45, 7) is 4.47. The molecule has 0 radical (unpaired) electrons. The Kier molecular flexibility index (Phi) is 4.64. The summed E-state index contributed by atoms with van der Waals surface area (Å²) in [6.07, 6.45) is 4.69. The maximum Gasteiger partial charge on any atom is 0.0834 e. The smallest absolute Gasteiger partial charge is 0.0834 e. The van der Waals surface area contributed by atoms with Crippen LogP contribution in [0.5, 0.6) is 0 Å². The molecule has 1 aromatic carbocycles.